The highest BCUT2D eigenvalue weighted by molar-refractivity contribution is 5.94. The van der Waals surface area contributed by atoms with E-state index < -0.39 is 0 Å². The number of nitrogens with zero attached hydrogens (tertiary/aromatic N) is 3. The predicted molar refractivity (Wildman–Crippen MR) is 133 cm³/mol. The van der Waals surface area contributed by atoms with Gasteiger partial charge in [-0.25, -0.2) is 9.37 Å². The Kier molecular flexibility index (Phi) is 4.73. The summed E-state index contributed by atoms with van der Waals surface area (Å²) in [6.07, 6.45) is 10.5. The lowest BCUT2D eigenvalue weighted by atomic mass is 9.97. The van der Waals surface area contributed by atoms with Crippen molar-refractivity contribution in [3.63, 3.8) is 0 Å². The maximum absolute atomic E-state index is 13.6. The average Bonchev–Trinajstić information content (AvgIpc) is 3.40. The highest BCUT2D eigenvalue weighted by Gasteiger charge is 2.20. The van der Waals surface area contributed by atoms with Crippen LogP contribution < -0.4 is 0 Å². The number of allylic oxidation sites excluding steroid dienone is 3. The fourth-order valence-electron chi connectivity index (χ4n) is 4.56. The standard InChI is InChI=1S/C28H22FN5/c1-16-3-8-21(18-4-6-20(29)7-5-18)22-13-26(32-25(22)11-16)27-23-12-19(14-31-28(23)34-33-27)24-15-30-10-9-17(24)2/h3-10,12-15,32H,11H2,1-2H3,(H,31,33,34). The van der Waals surface area contributed by atoms with Crippen molar-refractivity contribution in [2.75, 3.05) is 0 Å². The van der Waals surface area contributed by atoms with Crippen LogP contribution in [0.25, 0.3) is 39.1 Å². The quantitative estimate of drug-likeness (QED) is 0.336. The van der Waals surface area contributed by atoms with Gasteiger partial charge in [0.2, 0.25) is 0 Å². The van der Waals surface area contributed by atoms with Gasteiger partial charge in [-0.1, -0.05) is 29.9 Å². The lowest BCUT2D eigenvalue weighted by molar-refractivity contribution is 0.627. The van der Waals surface area contributed by atoms with E-state index in [-0.39, 0.29) is 5.82 Å². The average molecular weight is 448 g/mol. The van der Waals surface area contributed by atoms with Crippen molar-refractivity contribution in [3.8, 4) is 22.5 Å². The largest absolute Gasteiger partial charge is 0.356 e. The molecule has 1 aliphatic carbocycles. The van der Waals surface area contributed by atoms with Crippen molar-refractivity contribution in [3.05, 3.63) is 107 Å². The van der Waals surface area contributed by atoms with E-state index in [4.69, 9.17) is 0 Å². The first-order valence-electron chi connectivity index (χ1n) is 11.2. The molecule has 166 valence electrons. The summed E-state index contributed by atoms with van der Waals surface area (Å²) in [6, 6.07) is 12.9. The summed E-state index contributed by atoms with van der Waals surface area (Å²) in [6.45, 7) is 4.19. The van der Waals surface area contributed by atoms with E-state index >= 15 is 0 Å². The first-order valence-corrected chi connectivity index (χ1v) is 11.2. The lowest BCUT2D eigenvalue weighted by Crippen LogP contribution is -1.92. The maximum atomic E-state index is 13.6. The minimum Gasteiger partial charge on any atom is -0.356 e. The van der Waals surface area contributed by atoms with Gasteiger partial charge in [0, 0.05) is 52.8 Å². The summed E-state index contributed by atoms with van der Waals surface area (Å²) in [7, 11) is 0. The number of hydrogen-bond donors (Lipinski definition) is 2. The Morgan fingerprint density at radius 1 is 0.912 bits per heavy atom. The summed E-state index contributed by atoms with van der Waals surface area (Å²) < 4.78 is 13.6. The van der Waals surface area contributed by atoms with E-state index in [1.807, 2.05) is 30.6 Å². The molecule has 1 aliphatic rings. The second-order valence-electron chi connectivity index (χ2n) is 8.74. The smallest absolute Gasteiger partial charge is 0.181 e. The minimum atomic E-state index is -0.240. The summed E-state index contributed by atoms with van der Waals surface area (Å²) in [4.78, 5) is 12.5. The molecule has 4 heterocycles. The molecular formula is C28H22FN5. The zero-order valence-electron chi connectivity index (χ0n) is 18.9. The molecule has 0 atom stereocenters. The SMILES string of the molecule is CC1=CC=C(c2ccc(F)cc2)c2cc(-c3[nH]nc4ncc(-c5cnccc5C)cc34)[nH]c2C1. The van der Waals surface area contributed by atoms with Gasteiger partial charge >= 0.3 is 0 Å². The van der Waals surface area contributed by atoms with Crippen LogP contribution in [-0.2, 0) is 6.42 Å². The van der Waals surface area contributed by atoms with Gasteiger partial charge in [-0.3, -0.25) is 10.1 Å². The molecule has 0 saturated heterocycles. The summed E-state index contributed by atoms with van der Waals surface area (Å²) in [5.41, 5.74) is 11.2. The molecular weight excluding hydrogens is 425 g/mol. The number of benzene rings is 1. The Bertz CT molecular complexity index is 1600. The van der Waals surface area contributed by atoms with Gasteiger partial charge in [-0.15, -0.1) is 0 Å². The highest BCUT2D eigenvalue weighted by Crippen LogP contribution is 2.36. The van der Waals surface area contributed by atoms with E-state index in [2.05, 4.69) is 63.3 Å². The van der Waals surface area contributed by atoms with Gasteiger partial charge in [-0.2, -0.15) is 5.10 Å². The molecule has 0 amide bonds. The number of nitrogens with one attached hydrogen (secondary N) is 2. The van der Waals surface area contributed by atoms with Crippen molar-refractivity contribution >= 4 is 16.6 Å². The molecule has 6 heteroatoms. The van der Waals surface area contributed by atoms with Crippen LogP contribution >= 0.6 is 0 Å². The molecule has 0 spiro atoms. The van der Waals surface area contributed by atoms with Gasteiger partial charge in [0.25, 0.3) is 0 Å². The zero-order valence-corrected chi connectivity index (χ0v) is 18.9. The first kappa shape index (κ1) is 20.3. The third-order valence-electron chi connectivity index (χ3n) is 6.36. The van der Waals surface area contributed by atoms with Crippen LogP contribution in [0.15, 0.2) is 78.8 Å². The van der Waals surface area contributed by atoms with Crippen LogP contribution in [0.1, 0.15) is 29.3 Å². The van der Waals surface area contributed by atoms with Crippen LogP contribution in [0.5, 0.6) is 0 Å². The topological polar surface area (TPSA) is 70.2 Å². The van der Waals surface area contributed by atoms with Crippen molar-refractivity contribution in [2.24, 2.45) is 0 Å². The number of fused-ring (bicyclic) bond motifs is 2. The molecule has 0 fully saturated rings. The number of rotatable bonds is 3. The van der Waals surface area contributed by atoms with Gasteiger partial charge in [-0.05, 0) is 60.9 Å². The maximum Gasteiger partial charge on any atom is 0.181 e. The molecule has 0 radical (unpaired) electrons. The number of aromatic amines is 2. The Balaban J connectivity index is 1.48. The molecule has 5 aromatic rings. The fraction of sp³-hybridized carbons (Fsp3) is 0.107. The molecule has 5 nitrogen and oxygen atoms in total. The number of H-pyrrole nitrogens is 2. The molecule has 6 rings (SSSR count). The molecule has 34 heavy (non-hydrogen) atoms. The van der Waals surface area contributed by atoms with E-state index in [0.29, 0.717) is 5.65 Å². The fourth-order valence-corrected chi connectivity index (χ4v) is 4.56. The Morgan fingerprint density at radius 2 is 1.76 bits per heavy atom. The Morgan fingerprint density at radius 3 is 2.59 bits per heavy atom. The predicted octanol–water partition coefficient (Wildman–Crippen LogP) is 6.40. The van der Waals surface area contributed by atoms with E-state index in [1.54, 1.807) is 6.20 Å². The van der Waals surface area contributed by atoms with Gasteiger partial charge in [0.05, 0.1) is 11.4 Å². The number of hydrogen-bond acceptors (Lipinski definition) is 3. The summed E-state index contributed by atoms with van der Waals surface area (Å²) in [5.74, 6) is -0.240. The van der Waals surface area contributed by atoms with Crippen molar-refractivity contribution in [2.45, 2.75) is 20.3 Å². The minimum absolute atomic E-state index is 0.240. The van der Waals surface area contributed by atoms with Crippen LogP contribution in [-0.4, -0.2) is 25.1 Å². The van der Waals surface area contributed by atoms with Gasteiger partial charge in [0.1, 0.15) is 5.82 Å². The second-order valence-corrected chi connectivity index (χ2v) is 8.74. The molecule has 0 bridgehead atoms. The number of aryl methyl sites for hydroxylation is 1. The number of halogens is 1. The summed E-state index contributed by atoms with van der Waals surface area (Å²) in [5, 5.41) is 8.56. The highest BCUT2D eigenvalue weighted by atomic mass is 19.1. The normalized spacial score (nSPS) is 13.4. The zero-order chi connectivity index (χ0) is 23.2. The Hall–Kier alpha value is -4.32. The van der Waals surface area contributed by atoms with Crippen molar-refractivity contribution in [1.82, 2.24) is 25.1 Å². The van der Waals surface area contributed by atoms with Gasteiger partial charge < -0.3 is 4.98 Å². The van der Waals surface area contributed by atoms with Crippen molar-refractivity contribution < 1.29 is 4.39 Å². The first-order chi connectivity index (χ1) is 16.6. The van der Waals surface area contributed by atoms with E-state index in [9.17, 15) is 4.39 Å². The third kappa shape index (κ3) is 3.44. The Labute approximate surface area is 196 Å². The molecule has 4 aromatic heterocycles. The molecule has 0 aliphatic heterocycles. The third-order valence-corrected chi connectivity index (χ3v) is 6.36. The van der Waals surface area contributed by atoms with E-state index in [1.165, 1.54) is 17.7 Å². The molecule has 1 aromatic carbocycles. The molecule has 2 N–H and O–H groups in total. The molecule has 0 unspecified atom stereocenters. The lowest BCUT2D eigenvalue weighted by Gasteiger charge is -2.07. The molecule has 0 saturated carbocycles. The second kappa shape index (κ2) is 7.92. The van der Waals surface area contributed by atoms with Crippen LogP contribution in [0, 0.1) is 12.7 Å². The summed E-state index contributed by atoms with van der Waals surface area (Å²) >= 11 is 0. The number of pyridine rings is 2. The van der Waals surface area contributed by atoms with E-state index in [0.717, 1.165) is 62.3 Å². The van der Waals surface area contributed by atoms with Crippen LogP contribution in [0.4, 0.5) is 4.39 Å². The monoisotopic (exact) mass is 447 g/mol. The van der Waals surface area contributed by atoms with Crippen molar-refractivity contribution in [1.29, 1.82) is 0 Å². The van der Waals surface area contributed by atoms with Crippen LogP contribution in [0.2, 0.25) is 0 Å². The number of aromatic nitrogens is 5. The van der Waals surface area contributed by atoms with Gasteiger partial charge in [0.15, 0.2) is 5.65 Å². The van der Waals surface area contributed by atoms with Crippen LogP contribution in [0.3, 0.4) is 0 Å².